The summed E-state index contributed by atoms with van der Waals surface area (Å²) < 4.78 is 11.6. The van der Waals surface area contributed by atoms with E-state index < -0.39 is 23.2 Å². The number of aliphatic hydroxyl groups excluding tert-OH is 1. The Morgan fingerprint density at radius 2 is 2.00 bits per heavy atom. The number of esters is 1. The predicted molar refractivity (Wildman–Crippen MR) is 93.8 cm³/mol. The number of carbonyl (C=O) groups is 1. The number of ether oxygens (including phenoxy) is 2. The zero-order chi connectivity index (χ0) is 18.8. The largest absolute Gasteiger partial charge is 0.458 e. The quantitative estimate of drug-likeness (QED) is 0.464. The molecule has 3 aliphatic rings. The van der Waals surface area contributed by atoms with Gasteiger partial charge >= 0.3 is 5.97 Å². The standard InChI is InChI=1S/C20H32O5/c1-7-12(4)17(22)24-14-10-20(23,11(2)3)13-8-9-18(5)16(25-18)15(21)19(13,14)6/h7,11,13-16,21,23H,8-10H2,1-6H3/b12-7-/t13-,14-,15-,16+,18-,19-,20-/m1/s1. The monoisotopic (exact) mass is 352 g/mol. The van der Waals surface area contributed by atoms with Crippen LogP contribution in [0.2, 0.25) is 0 Å². The Bertz CT molecular complexity index is 599. The lowest BCUT2D eigenvalue weighted by atomic mass is 9.67. The number of rotatable bonds is 3. The molecule has 142 valence electrons. The first-order valence-corrected chi connectivity index (χ1v) is 9.43. The molecule has 1 saturated heterocycles. The van der Waals surface area contributed by atoms with Crippen molar-refractivity contribution >= 4 is 5.97 Å². The summed E-state index contributed by atoms with van der Waals surface area (Å²) in [5, 5.41) is 22.6. The van der Waals surface area contributed by atoms with Crippen LogP contribution in [0, 0.1) is 17.3 Å². The third-order valence-corrected chi connectivity index (χ3v) is 7.36. The first kappa shape index (κ1) is 18.9. The highest BCUT2D eigenvalue weighted by Gasteiger charge is 2.72. The van der Waals surface area contributed by atoms with Crippen molar-refractivity contribution in [3.05, 3.63) is 11.6 Å². The van der Waals surface area contributed by atoms with Crippen molar-refractivity contribution in [3.8, 4) is 0 Å². The molecule has 2 saturated carbocycles. The number of hydrogen-bond acceptors (Lipinski definition) is 5. The minimum Gasteiger partial charge on any atom is -0.458 e. The lowest BCUT2D eigenvalue weighted by Gasteiger charge is -2.42. The fraction of sp³-hybridized carbons (Fsp3) is 0.850. The van der Waals surface area contributed by atoms with Crippen LogP contribution in [0.4, 0.5) is 0 Å². The minimum atomic E-state index is -0.961. The van der Waals surface area contributed by atoms with Gasteiger partial charge in [-0.05, 0) is 45.4 Å². The van der Waals surface area contributed by atoms with Crippen molar-refractivity contribution in [1.82, 2.24) is 0 Å². The maximum Gasteiger partial charge on any atom is 0.333 e. The number of fused-ring (bicyclic) bond motifs is 2. The van der Waals surface area contributed by atoms with Crippen LogP contribution < -0.4 is 0 Å². The van der Waals surface area contributed by atoms with E-state index in [-0.39, 0.29) is 29.5 Å². The van der Waals surface area contributed by atoms with Gasteiger partial charge in [0.15, 0.2) is 0 Å². The highest BCUT2D eigenvalue weighted by molar-refractivity contribution is 5.87. The molecule has 25 heavy (non-hydrogen) atoms. The molecule has 5 nitrogen and oxygen atoms in total. The summed E-state index contributed by atoms with van der Waals surface area (Å²) in [5.41, 5.74) is -1.46. The first-order chi connectivity index (χ1) is 11.5. The molecule has 0 radical (unpaired) electrons. The molecule has 0 amide bonds. The van der Waals surface area contributed by atoms with Crippen molar-refractivity contribution in [1.29, 1.82) is 0 Å². The number of allylic oxidation sites excluding steroid dienone is 1. The van der Waals surface area contributed by atoms with Gasteiger partial charge in [0.1, 0.15) is 12.2 Å². The molecular weight excluding hydrogens is 320 g/mol. The summed E-state index contributed by atoms with van der Waals surface area (Å²) in [6.07, 6.45) is 2.09. The molecule has 3 rings (SSSR count). The van der Waals surface area contributed by atoms with Gasteiger partial charge in [-0.2, -0.15) is 0 Å². The van der Waals surface area contributed by atoms with E-state index in [0.717, 1.165) is 12.8 Å². The topological polar surface area (TPSA) is 79.3 Å². The molecule has 0 spiro atoms. The Hall–Kier alpha value is -0.910. The molecule has 7 atom stereocenters. The van der Waals surface area contributed by atoms with Gasteiger partial charge < -0.3 is 19.7 Å². The Morgan fingerprint density at radius 1 is 1.36 bits per heavy atom. The van der Waals surface area contributed by atoms with Crippen LogP contribution in [0.15, 0.2) is 11.6 Å². The zero-order valence-corrected chi connectivity index (χ0v) is 16.2. The van der Waals surface area contributed by atoms with Crippen LogP contribution in [0.5, 0.6) is 0 Å². The normalized spacial score (nSPS) is 49.4. The van der Waals surface area contributed by atoms with E-state index in [0.29, 0.717) is 12.0 Å². The van der Waals surface area contributed by atoms with Gasteiger partial charge in [0, 0.05) is 17.4 Å². The summed E-state index contributed by atoms with van der Waals surface area (Å²) >= 11 is 0. The van der Waals surface area contributed by atoms with Crippen molar-refractivity contribution in [3.63, 3.8) is 0 Å². The summed E-state index contributed by atoms with van der Waals surface area (Å²) in [5.74, 6) is -0.498. The predicted octanol–water partition coefficient (Wildman–Crippen LogP) is 2.59. The minimum absolute atomic E-state index is 0.0127. The van der Waals surface area contributed by atoms with Crippen LogP contribution in [-0.4, -0.2) is 45.7 Å². The van der Waals surface area contributed by atoms with Crippen LogP contribution in [-0.2, 0) is 14.3 Å². The molecule has 1 aliphatic heterocycles. The van der Waals surface area contributed by atoms with Gasteiger partial charge in [0.05, 0.1) is 17.3 Å². The fourth-order valence-corrected chi connectivity index (χ4v) is 5.14. The van der Waals surface area contributed by atoms with Gasteiger partial charge in [-0.1, -0.05) is 26.8 Å². The third kappa shape index (κ3) is 2.58. The highest BCUT2D eigenvalue weighted by Crippen LogP contribution is 2.63. The highest BCUT2D eigenvalue weighted by atomic mass is 16.6. The first-order valence-electron chi connectivity index (χ1n) is 9.43. The van der Waals surface area contributed by atoms with Gasteiger partial charge in [0.25, 0.3) is 0 Å². The molecule has 0 aromatic rings. The Morgan fingerprint density at radius 3 is 2.56 bits per heavy atom. The molecule has 1 heterocycles. The Labute approximate surface area is 150 Å². The van der Waals surface area contributed by atoms with Crippen molar-refractivity contribution in [2.24, 2.45) is 17.3 Å². The van der Waals surface area contributed by atoms with Gasteiger partial charge in [-0.15, -0.1) is 0 Å². The van der Waals surface area contributed by atoms with Crippen LogP contribution in [0.1, 0.15) is 60.8 Å². The maximum absolute atomic E-state index is 12.4. The SMILES string of the molecule is C/C=C(/C)C(=O)O[C@@H]1C[C@@](O)(C(C)C)[C@@H]2CC[C@@]3(C)O[C@H]3[C@@H](O)[C@]21C. The van der Waals surface area contributed by atoms with E-state index in [1.807, 2.05) is 27.7 Å². The second-order valence-electron chi connectivity index (χ2n) is 8.97. The summed E-state index contributed by atoms with van der Waals surface area (Å²) in [6, 6.07) is 0. The summed E-state index contributed by atoms with van der Waals surface area (Å²) in [7, 11) is 0. The number of hydrogen-bond donors (Lipinski definition) is 2. The van der Waals surface area contributed by atoms with Gasteiger partial charge in [-0.25, -0.2) is 4.79 Å². The van der Waals surface area contributed by atoms with E-state index in [2.05, 4.69) is 0 Å². The van der Waals surface area contributed by atoms with Gasteiger partial charge in [-0.3, -0.25) is 0 Å². The molecule has 0 aromatic heterocycles. The zero-order valence-electron chi connectivity index (χ0n) is 16.2. The van der Waals surface area contributed by atoms with E-state index in [1.54, 1.807) is 19.9 Å². The van der Waals surface area contributed by atoms with Gasteiger partial charge in [0.2, 0.25) is 0 Å². The van der Waals surface area contributed by atoms with E-state index in [4.69, 9.17) is 9.47 Å². The van der Waals surface area contributed by atoms with Crippen molar-refractivity contribution in [2.45, 2.75) is 90.3 Å². The number of carbonyl (C=O) groups excluding carboxylic acids is 1. The average molecular weight is 352 g/mol. The second kappa shape index (κ2) is 5.80. The molecule has 0 bridgehead atoms. The van der Waals surface area contributed by atoms with E-state index in [1.165, 1.54) is 0 Å². The maximum atomic E-state index is 12.4. The van der Waals surface area contributed by atoms with Crippen LogP contribution in [0.3, 0.4) is 0 Å². The molecular formula is C20H32O5. The average Bonchev–Trinajstić information content (AvgIpc) is 3.17. The summed E-state index contributed by atoms with van der Waals surface area (Å²) in [6.45, 7) is 11.5. The van der Waals surface area contributed by atoms with Crippen molar-refractivity contribution in [2.75, 3.05) is 0 Å². The lowest BCUT2D eigenvalue weighted by molar-refractivity contribution is -0.158. The lowest BCUT2D eigenvalue weighted by Crippen LogP contribution is -2.50. The van der Waals surface area contributed by atoms with E-state index >= 15 is 0 Å². The number of aliphatic hydroxyl groups is 2. The summed E-state index contributed by atoms with van der Waals surface area (Å²) in [4.78, 5) is 12.4. The third-order valence-electron chi connectivity index (χ3n) is 7.36. The molecule has 2 N–H and O–H groups in total. The van der Waals surface area contributed by atoms with Crippen molar-refractivity contribution < 1.29 is 24.5 Å². The molecule has 3 fully saturated rings. The smallest absolute Gasteiger partial charge is 0.333 e. The second-order valence-corrected chi connectivity index (χ2v) is 8.97. The molecule has 0 aromatic carbocycles. The fourth-order valence-electron chi connectivity index (χ4n) is 5.14. The number of epoxide rings is 1. The van der Waals surface area contributed by atoms with Crippen LogP contribution in [0.25, 0.3) is 0 Å². The van der Waals surface area contributed by atoms with E-state index in [9.17, 15) is 15.0 Å². The molecule has 5 heteroatoms. The Kier molecular flexibility index (Phi) is 4.37. The Balaban J connectivity index is 1.99. The van der Waals surface area contributed by atoms with Crippen LogP contribution >= 0.6 is 0 Å². The molecule has 2 aliphatic carbocycles. The molecule has 0 unspecified atom stereocenters.